The molecule has 1 unspecified atom stereocenters. The highest BCUT2D eigenvalue weighted by atomic mass is 16.2. The summed E-state index contributed by atoms with van der Waals surface area (Å²) in [5, 5.41) is 10.7. The molecular formula is C7H12N4O2. The Kier molecular flexibility index (Phi) is 5.03. The Labute approximate surface area is 76.3 Å². The van der Waals surface area contributed by atoms with Gasteiger partial charge >= 0.3 is 6.03 Å². The number of hydrazine groups is 1. The molecule has 0 aliphatic rings. The molecule has 0 rings (SSSR count). The van der Waals surface area contributed by atoms with Gasteiger partial charge in [-0.05, 0) is 13.8 Å². The van der Waals surface area contributed by atoms with Crippen LogP contribution in [-0.4, -0.2) is 18.5 Å². The van der Waals surface area contributed by atoms with Crippen molar-refractivity contribution >= 4 is 11.9 Å². The molecular weight excluding hydrogens is 172 g/mol. The Balaban J connectivity index is 3.71. The first-order valence-corrected chi connectivity index (χ1v) is 3.85. The van der Waals surface area contributed by atoms with Crippen LogP contribution in [0, 0.1) is 17.2 Å². The quantitative estimate of drug-likeness (QED) is 0.505. The number of rotatable bonds is 2. The molecule has 0 bridgehead atoms. The van der Waals surface area contributed by atoms with Crippen molar-refractivity contribution in [3.8, 4) is 6.07 Å². The van der Waals surface area contributed by atoms with Crippen LogP contribution in [0.1, 0.15) is 13.8 Å². The Hall–Kier alpha value is -1.77. The fraction of sp³-hybridized carbons (Fsp3) is 0.571. The van der Waals surface area contributed by atoms with Gasteiger partial charge in [-0.3, -0.25) is 10.2 Å². The number of hydrogen-bond donors (Lipinski definition) is 3. The zero-order valence-corrected chi connectivity index (χ0v) is 7.55. The molecule has 0 heterocycles. The van der Waals surface area contributed by atoms with E-state index < -0.39 is 17.9 Å². The summed E-state index contributed by atoms with van der Waals surface area (Å²) >= 11 is 0. The lowest BCUT2D eigenvalue weighted by Gasteiger charge is -2.07. The maximum atomic E-state index is 10.9. The molecule has 0 saturated heterocycles. The van der Waals surface area contributed by atoms with Gasteiger partial charge in [0.05, 0.1) is 6.07 Å². The topological polar surface area (TPSA) is 94.0 Å². The summed E-state index contributed by atoms with van der Waals surface area (Å²) in [7, 11) is 0. The number of carbonyl (C=O) groups excluding carboxylic acids is 2. The van der Waals surface area contributed by atoms with Gasteiger partial charge in [0.25, 0.3) is 5.91 Å². The number of amides is 3. The number of nitrogens with one attached hydrogen (secondary N) is 3. The Bertz CT molecular complexity index is 233. The van der Waals surface area contributed by atoms with E-state index >= 15 is 0 Å². The largest absolute Gasteiger partial charge is 0.337 e. The van der Waals surface area contributed by atoms with Gasteiger partial charge in [0, 0.05) is 6.54 Å². The van der Waals surface area contributed by atoms with Crippen LogP contribution in [0.25, 0.3) is 0 Å². The summed E-state index contributed by atoms with van der Waals surface area (Å²) in [4.78, 5) is 21.6. The smallest absolute Gasteiger partial charge is 0.333 e. The van der Waals surface area contributed by atoms with Crippen LogP contribution in [0.5, 0.6) is 0 Å². The average Bonchev–Trinajstić information content (AvgIpc) is 2.13. The number of nitriles is 1. The third-order valence-electron chi connectivity index (χ3n) is 1.22. The summed E-state index contributed by atoms with van der Waals surface area (Å²) in [6.07, 6.45) is 0. The van der Waals surface area contributed by atoms with Gasteiger partial charge in [-0.25, -0.2) is 10.2 Å². The Morgan fingerprint density at radius 2 is 2.08 bits per heavy atom. The highest BCUT2D eigenvalue weighted by molar-refractivity contribution is 5.83. The van der Waals surface area contributed by atoms with Crippen molar-refractivity contribution in [1.29, 1.82) is 5.26 Å². The van der Waals surface area contributed by atoms with E-state index in [1.807, 2.05) is 0 Å². The first-order chi connectivity index (χ1) is 6.11. The van der Waals surface area contributed by atoms with Crippen LogP contribution in [-0.2, 0) is 4.79 Å². The van der Waals surface area contributed by atoms with Gasteiger partial charge in [-0.2, -0.15) is 5.26 Å². The van der Waals surface area contributed by atoms with Crippen molar-refractivity contribution in [2.45, 2.75) is 13.8 Å². The normalized spacial score (nSPS) is 10.8. The molecule has 0 fully saturated rings. The highest BCUT2D eigenvalue weighted by Gasteiger charge is 2.11. The molecule has 0 radical (unpaired) electrons. The van der Waals surface area contributed by atoms with Crippen LogP contribution in [0.15, 0.2) is 0 Å². The van der Waals surface area contributed by atoms with Crippen LogP contribution >= 0.6 is 0 Å². The van der Waals surface area contributed by atoms with Gasteiger partial charge in [-0.15, -0.1) is 0 Å². The Morgan fingerprint density at radius 3 is 2.54 bits per heavy atom. The maximum absolute atomic E-state index is 10.9. The molecule has 3 N–H and O–H groups in total. The van der Waals surface area contributed by atoms with E-state index in [1.165, 1.54) is 6.92 Å². The lowest BCUT2D eigenvalue weighted by molar-refractivity contribution is -0.123. The summed E-state index contributed by atoms with van der Waals surface area (Å²) in [6.45, 7) is 3.66. The first-order valence-electron chi connectivity index (χ1n) is 3.85. The molecule has 0 aliphatic carbocycles. The molecule has 0 aromatic heterocycles. The monoisotopic (exact) mass is 184 g/mol. The molecule has 13 heavy (non-hydrogen) atoms. The summed E-state index contributed by atoms with van der Waals surface area (Å²) in [6, 6.07) is 1.24. The second kappa shape index (κ2) is 5.83. The number of urea groups is 1. The molecule has 0 aromatic carbocycles. The zero-order chi connectivity index (χ0) is 10.3. The predicted octanol–water partition coefficient (Wildman–Crippen LogP) is -0.504. The molecule has 0 spiro atoms. The van der Waals surface area contributed by atoms with E-state index in [-0.39, 0.29) is 0 Å². The minimum Gasteiger partial charge on any atom is -0.337 e. The molecule has 0 aromatic rings. The molecule has 72 valence electrons. The van der Waals surface area contributed by atoms with Gasteiger partial charge in [0.2, 0.25) is 0 Å². The maximum Gasteiger partial charge on any atom is 0.333 e. The average molecular weight is 184 g/mol. The molecule has 6 nitrogen and oxygen atoms in total. The number of hydrogen-bond acceptors (Lipinski definition) is 3. The minimum atomic E-state index is -0.776. The predicted molar refractivity (Wildman–Crippen MR) is 45.1 cm³/mol. The minimum absolute atomic E-state index is 0.468. The van der Waals surface area contributed by atoms with E-state index in [1.54, 1.807) is 13.0 Å². The van der Waals surface area contributed by atoms with E-state index in [4.69, 9.17) is 5.26 Å². The van der Waals surface area contributed by atoms with Crippen LogP contribution < -0.4 is 16.2 Å². The van der Waals surface area contributed by atoms with Crippen molar-refractivity contribution in [2.24, 2.45) is 5.92 Å². The summed E-state index contributed by atoms with van der Waals surface area (Å²) in [5.74, 6) is -1.31. The van der Waals surface area contributed by atoms with Crippen LogP contribution in [0.3, 0.4) is 0 Å². The van der Waals surface area contributed by atoms with Crippen molar-refractivity contribution in [1.82, 2.24) is 16.2 Å². The van der Waals surface area contributed by atoms with Gasteiger partial charge in [0.1, 0.15) is 5.92 Å². The molecule has 6 heteroatoms. The summed E-state index contributed by atoms with van der Waals surface area (Å²) < 4.78 is 0. The van der Waals surface area contributed by atoms with Crippen LogP contribution in [0.4, 0.5) is 4.79 Å². The van der Waals surface area contributed by atoms with Gasteiger partial charge in [-0.1, -0.05) is 0 Å². The van der Waals surface area contributed by atoms with Crippen molar-refractivity contribution in [3.63, 3.8) is 0 Å². The first kappa shape index (κ1) is 11.2. The SMILES string of the molecule is CCNC(=O)NNC(=O)C(C)C#N. The van der Waals surface area contributed by atoms with Gasteiger partial charge in [0.15, 0.2) is 0 Å². The van der Waals surface area contributed by atoms with Crippen molar-refractivity contribution in [2.75, 3.05) is 6.54 Å². The van der Waals surface area contributed by atoms with E-state index in [9.17, 15) is 9.59 Å². The molecule has 0 saturated carbocycles. The van der Waals surface area contributed by atoms with Crippen LogP contribution in [0.2, 0.25) is 0 Å². The fourth-order valence-corrected chi connectivity index (χ4v) is 0.490. The second-order valence-corrected chi connectivity index (χ2v) is 2.32. The van der Waals surface area contributed by atoms with E-state index in [2.05, 4.69) is 16.2 Å². The Morgan fingerprint density at radius 1 is 1.46 bits per heavy atom. The summed E-state index contributed by atoms with van der Waals surface area (Å²) in [5.41, 5.74) is 4.19. The molecule has 3 amide bonds. The standard InChI is InChI=1S/C7H12N4O2/c1-3-9-7(13)11-10-6(12)5(2)4-8/h5H,3H2,1-2H3,(H,10,12)(H2,9,11,13). The van der Waals surface area contributed by atoms with E-state index in [0.717, 1.165) is 0 Å². The highest BCUT2D eigenvalue weighted by Crippen LogP contribution is 1.88. The lowest BCUT2D eigenvalue weighted by atomic mass is 10.2. The molecule has 0 aliphatic heterocycles. The van der Waals surface area contributed by atoms with Crippen molar-refractivity contribution in [3.05, 3.63) is 0 Å². The second-order valence-electron chi connectivity index (χ2n) is 2.32. The molecule has 1 atom stereocenters. The van der Waals surface area contributed by atoms with Crippen molar-refractivity contribution < 1.29 is 9.59 Å². The van der Waals surface area contributed by atoms with E-state index in [0.29, 0.717) is 6.54 Å². The number of carbonyl (C=O) groups is 2. The third kappa shape index (κ3) is 4.63. The number of nitrogens with zero attached hydrogens (tertiary/aromatic N) is 1. The lowest BCUT2D eigenvalue weighted by Crippen LogP contribution is -2.48. The van der Waals surface area contributed by atoms with Gasteiger partial charge < -0.3 is 5.32 Å². The zero-order valence-electron chi connectivity index (χ0n) is 7.55. The fourth-order valence-electron chi connectivity index (χ4n) is 0.490. The third-order valence-corrected chi connectivity index (χ3v) is 1.22.